The van der Waals surface area contributed by atoms with E-state index in [4.69, 9.17) is 4.74 Å². The number of rotatable bonds is 4. The van der Waals surface area contributed by atoms with Crippen molar-refractivity contribution in [1.29, 1.82) is 0 Å². The molecule has 144 valence electrons. The number of nitrogens with zero attached hydrogens (tertiary/aromatic N) is 2. The number of hydrogen-bond acceptors (Lipinski definition) is 4. The van der Waals surface area contributed by atoms with Crippen LogP contribution in [0.2, 0.25) is 0 Å². The van der Waals surface area contributed by atoms with Crippen LogP contribution < -0.4 is 9.47 Å². The fourth-order valence-corrected chi connectivity index (χ4v) is 2.94. The van der Waals surface area contributed by atoms with Gasteiger partial charge in [-0.3, -0.25) is 4.79 Å². The maximum atomic E-state index is 12.4. The highest BCUT2D eigenvalue weighted by molar-refractivity contribution is 5.95. The van der Waals surface area contributed by atoms with Gasteiger partial charge in [0.05, 0.1) is 18.6 Å². The van der Waals surface area contributed by atoms with Gasteiger partial charge in [0, 0.05) is 17.0 Å². The molecule has 0 N–H and O–H groups in total. The molecule has 1 aromatic heterocycles. The molecule has 2 aromatic carbocycles. The number of ether oxygens (including phenoxy) is 2. The smallest absolute Gasteiger partial charge is 0.471 e. The van der Waals surface area contributed by atoms with Crippen LogP contribution in [-0.2, 0) is 0 Å². The molecule has 0 bridgehead atoms. The summed E-state index contributed by atoms with van der Waals surface area (Å²) in [6.07, 6.45) is -4.94. The fourth-order valence-electron chi connectivity index (χ4n) is 2.94. The Morgan fingerprint density at radius 2 is 1.71 bits per heavy atom. The Bertz CT molecular complexity index is 999. The number of para-hydroxylation sites is 1. The number of carbonyl (C=O) groups excluding carboxylic acids is 1. The predicted molar refractivity (Wildman–Crippen MR) is 95.2 cm³/mol. The number of halogens is 3. The van der Waals surface area contributed by atoms with Crippen molar-refractivity contribution in [2.24, 2.45) is 0 Å². The third-order valence-electron chi connectivity index (χ3n) is 4.33. The van der Waals surface area contributed by atoms with Gasteiger partial charge in [-0.05, 0) is 36.4 Å². The lowest BCUT2D eigenvalue weighted by molar-refractivity contribution is -0.274. The highest BCUT2D eigenvalue weighted by atomic mass is 19.4. The summed E-state index contributed by atoms with van der Waals surface area (Å²) in [5.74, 6) is -0.148. The predicted octanol–water partition coefficient (Wildman–Crippen LogP) is 4.04. The minimum atomic E-state index is -4.76. The van der Waals surface area contributed by atoms with E-state index < -0.39 is 6.36 Å². The Kier molecular flexibility index (Phi) is 4.54. The van der Waals surface area contributed by atoms with E-state index in [2.05, 4.69) is 9.72 Å². The molecule has 1 fully saturated rings. The quantitative estimate of drug-likeness (QED) is 0.677. The van der Waals surface area contributed by atoms with Crippen LogP contribution in [0.3, 0.4) is 0 Å². The van der Waals surface area contributed by atoms with Gasteiger partial charge in [-0.2, -0.15) is 0 Å². The summed E-state index contributed by atoms with van der Waals surface area (Å²) in [4.78, 5) is 18.4. The van der Waals surface area contributed by atoms with Crippen molar-refractivity contribution < 1.29 is 27.4 Å². The first-order valence-corrected chi connectivity index (χ1v) is 8.55. The maximum Gasteiger partial charge on any atom is 0.573 e. The number of amides is 1. The zero-order valence-corrected chi connectivity index (χ0v) is 14.5. The highest BCUT2D eigenvalue weighted by Gasteiger charge is 2.34. The van der Waals surface area contributed by atoms with Crippen molar-refractivity contribution >= 4 is 16.8 Å². The van der Waals surface area contributed by atoms with E-state index in [-0.39, 0.29) is 23.3 Å². The van der Waals surface area contributed by atoms with E-state index in [0.29, 0.717) is 19.0 Å². The Morgan fingerprint density at radius 3 is 2.43 bits per heavy atom. The SMILES string of the molecule is O=C(c1ccc(OC(F)(F)F)cc1)N1CC(Oc2ccc3ccccc3n2)C1. The van der Waals surface area contributed by atoms with E-state index in [1.165, 1.54) is 12.1 Å². The number of carbonyl (C=O) groups is 1. The number of hydrogen-bond donors (Lipinski definition) is 0. The molecule has 1 aliphatic heterocycles. The maximum absolute atomic E-state index is 12.4. The Balaban J connectivity index is 1.33. The van der Waals surface area contributed by atoms with Gasteiger partial charge < -0.3 is 14.4 Å². The summed E-state index contributed by atoms with van der Waals surface area (Å²) in [6, 6.07) is 16.2. The molecule has 1 aliphatic rings. The summed E-state index contributed by atoms with van der Waals surface area (Å²) in [5, 5.41) is 1.01. The molecule has 0 atom stereocenters. The lowest BCUT2D eigenvalue weighted by atomic mass is 10.1. The first-order chi connectivity index (χ1) is 13.4. The molecular weight excluding hydrogens is 373 g/mol. The standard InChI is InChI=1S/C20H15F3N2O3/c21-20(22,23)28-15-8-5-14(6-9-15)19(26)25-11-16(12-25)27-18-10-7-13-3-1-2-4-17(13)24-18/h1-10,16H,11-12H2. The summed E-state index contributed by atoms with van der Waals surface area (Å²) in [6.45, 7) is 0.766. The topological polar surface area (TPSA) is 51.7 Å². The van der Waals surface area contributed by atoms with E-state index >= 15 is 0 Å². The average molecular weight is 388 g/mol. The van der Waals surface area contributed by atoms with E-state index in [9.17, 15) is 18.0 Å². The van der Waals surface area contributed by atoms with Crippen LogP contribution in [0.15, 0.2) is 60.7 Å². The molecule has 3 aromatic rings. The largest absolute Gasteiger partial charge is 0.573 e. The van der Waals surface area contributed by atoms with Crippen LogP contribution in [0.5, 0.6) is 11.6 Å². The average Bonchev–Trinajstić information content (AvgIpc) is 2.63. The molecule has 4 rings (SSSR count). The number of alkyl halides is 3. The minimum Gasteiger partial charge on any atom is -0.471 e. The van der Waals surface area contributed by atoms with Crippen LogP contribution >= 0.6 is 0 Å². The second-order valence-electron chi connectivity index (χ2n) is 6.36. The van der Waals surface area contributed by atoms with Crippen LogP contribution in [-0.4, -0.2) is 41.3 Å². The number of likely N-dealkylation sites (tertiary alicyclic amines) is 1. The summed E-state index contributed by atoms with van der Waals surface area (Å²) < 4.78 is 46.2. The van der Waals surface area contributed by atoms with E-state index in [1.807, 2.05) is 30.3 Å². The second-order valence-corrected chi connectivity index (χ2v) is 6.36. The van der Waals surface area contributed by atoms with Crippen molar-refractivity contribution in [1.82, 2.24) is 9.88 Å². The zero-order valence-electron chi connectivity index (χ0n) is 14.5. The van der Waals surface area contributed by atoms with Gasteiger partial charge in [-0.15, -0.1) is 13.2 Å². The third kappa shape index (κ3) is 4.00. The Morgan fingerprint density at radius 1 is 1.00 bits per heavy atom. The monoisotopic (exact) mass is 388 g/mol. The van der Waals surface area contributed by atoms with Gasteiger partial charge >= 0.3 is 6.36 Å². The first-order valence-electron chi connectivity index (χ1n) is 8.55. The number of fused-ring (bicyclic) bond motifs is 1. The van der Waals surface area contributed by atoms with Crippen molar-refractivity contribution in [3.8, 4) is 11.6 Å². The van der Waals surface area contributed by atoms with E-state index in [0.717, 1.165) is 23.0 Å². The van der Waals surface area contributed by atoms with Gasteiger partial charge in [-0.1, -0.05) is 18.2 Å². The summed E-state index contributed by atoms with van der Waals surface area (Å²) in [5.41, 5.74) is 1.12. The van der Waals surface area contributed by atoms with Gasteiger partial charge in [-0.25, -0.2) is 4.98 Å². The molecule has 5 nitrogen and oxygen atoms in total. The van der Waals surface area contributed by atoms with Crippen molar-refractivity contribution in [3.63, 3.8) is 0 Å². The molecule has 1 amide bonds. The van der Waals surface area contributed by atoms with Gasteiger partial charge in [0.15, 0.2) is 0 Å². The van der Waals surface area contributed by atoms with Gasteiger partial charge in [0.2, 0.25) is 5.88 Å². The van der Waals surface area contributed by atoms with Crippen molar-refractivity contribution in [2.75, 3.05) is 13.1 Å². The van der Waals surface area contributed by atoms with Crippen molar-refractivity contribution in [2.45, 2.75) is 12.5 Å². The lowest BCUT2D eigenvalue weighted by Crippen LogP contribution is -2.56. The summed E-state index contributed by atoms with van der Waals surface area (Å²) >= 11 is 0. The highest BCUT2D eigenvalue weighted by Crippen LogP contribution is 2.25. The van der Waals surface area contributed by atoms with Crippen LogP contribution in [0.1, 0.15) is 10.4 Å². The molecular formula is C20H15F3N2O3. The van der Waals surface area contributed by atoms with Crippen LogP contribution in [0.4, 0.5) is 13.2 Å². The Labute approximate surface area is 158 Å². The second kappa shape index (κ2) is 7.03. The minimum absolute atomic E-state index is 0.176. The molecule has 2 heterocycles. The van der Waals surface area contributed by atoms with Crippen LogP contribution in [0, 0.1) is 0 Å². The number of pyridine rings is 1. The molecule has 0 radical (unpaired) electrons. The number of aromatic nitrogens is 1. The van der Waals surface area contributed by atoms with Gasteiger partial charge in [0.1, 0.15) is 11.9 Å². The molecule has 0 spiro atoms. The van der Waals surface area contributed by atoms with Crippen LogP contribution in [0.25, 0.3) is 10.9 Å². The number of benzene rings is 2. The normalized spacial score (nSPS) is 14.6. The summed E-state index contributed by atoms with van der Waals surface area (Å²) in [7, 11) is 0. The first kappa shape index (κ1) is 18.1. The fraction of sp³-hybridized carbons (Fsp3) is 0.200. The molecule has 0 unspecified atom stereocenters. The molecule has 8 heteroatoms. The van der Waals surface area contributed by atoms with Gasteiger partial charge in [0.25, 0.3) is 5.91 Å². The van der Waals surface area contributed by atoms with E-state index in [1.54, 1.807) is 11.0 Å². The Hall–Kier alpha value is -3.29. The molecule has 0 aliphatic carbocycles. The third-order valence-corrected chi connectivity index (χ3v) is 4.33. The lowest BCUT2D eigenvalue weighted by Gasteiger charge is -2.38. The molecule has 28 heavy (non-hydrogen) atoms. The zero-order chi connectivity index (χ0) is 19.7. The molecule has 1 saturated heterocycles. The van der Waals surface area contributed by atoms with Crippen molar-refractivity contribution in [3.05, 3.63) is 66.2 Å². The molecule has 0 saturated carbocycles.